The molecule has 0 aliphatic heterocycles. The number of aromatic nitrogens is 2. The average molecular weight is 269 g/mol. The van der Waals surface area contributed by atoms with Gasteiger partial charge >= 0.3 is 5.97 Å². The number of pyridine rings is 2. The van der Waals surface area contributed by atoms with Crippen molar-refractivity contribution in [2.75, 3.05) is 5.32 Å². The van der Waals surface area contributed by atoms with Gasteiger partial charge in [-0.1, -0.05) is 6.07 Å². The maximum absolute atomic E-state index is 12.0. The molecule has 2 aromatic rings. The number of carboxylic acid groups (broad SMARTS) is 1. The van der Waals surface area contributed by atoms with Gasteiger partial charge < -0.3 is 10.4 Å². The summed E-state index contributed by atoms with van der Waals surface area (Å²) < 4.78 is 0. The molecule has 2 N–H and O–H groups in total. The highest BCUT2D eigenvalue weighted by Gasteiger charge is 2.07. The normalized spacial score (nSPS) is 10.4. The minimum absolute atomic E-state index is 0.322. The third-order valence-corrected chi connectivity index (χ3v) is 2.35. The number of amides is 1. The summed E-state index contributed by atoms with van der Waals surface area (Å²) in [6.07, 6.45) is 6.79. The molecule has 100 valence electrons. The molecular weight excluding hydrogens is 258 g/mol. The summed E-state index contributed by atoms with van der Waals surface area (Å²) >= 11 is 0. The van der Waals surface area contributed by atoms with Gasteiger partial charge in [-0.2, -0.15) is 0 Å². The molecular formula is C14H11N3O3. The van der Waals surface area contributed by atoms with Crippen LogP contribution in [0, 0.1) is 0 Å². The maximum atomic E-state index is 12.0. The molecule has 0 aromatic carbocycles. The van der Waals surface area contributed by atoms with Crippen molar-refractivity contribution in [1.82, 2.24) is 9.97 Å². The molecule has 0 radical (unpaired) electrons. The second-order valence-electron chi connectivity index (χ2n) is 3.85. The number of rotatable bonds is 4. The summed E-state index contributed by atoms with van der Waals surface area (Å²) in [5, 5.41) is 11.2. The van der Waals surface area contributed by atoms with Gasteiger partial charge in [0.25, 0.3) is 5.91 Å². The van der Waals surface area contributed by atoms with Crippen molar-refractivity contribution in [3.8, 4) is 0 Å². The third kappa shape index (κ3) is 3.74. The van der Waals surface area contributed by atoms with Gasteiger partial charge in [-0.25, -0.2) is 9.78 Å². The molecule has 0 atom stereocenters. The molecule has 2 heterocycles. The molecule has 0 spiro atoms. The number of nitrogens with one attached hydrogen (secondary N) is 1. The molecule has 0 aliphatic rings. The van der Waals surface area contributed by atoms with Crippen LogP contribution in [0.1, 0.15) is 15.9 Å². The summed E-state index contributed by atoms with van der Waals surface area (Å²) in [4.78, 5) is 30.3. The Morgan fingerprint density at radius 1 is 1.25 bits per heavy atom. The first-order chi connectivity index (χ1) is 9.65. The quantitative estimate of drug-likeness (QED) is 0.826. The van der Waals surface area contributed by atoms with Crippen LogP contribution >= 0.6 is 0 Å². The Balaban J connectivity index is 2.14. The predicted molar refractivity (Wildman–Crippen MR) is 73.1 cm³/mol. The molecule has 2 rings (SSSR count). The molecule has 0 fully saturated rings. The first-order valence-corrected chi connectivity index (χ1v) is 5.73. The van der Waals surface area contributed by atoms with Crippen LogP contribution in [0.3, 0.4) is 0 Å². The number of hydrogen-bond donors (Lipinski definition) is 2. The molecule has 6 heteroatoms. The van der Waals surface area contributed by atoms with Crippen molar-refractivity contribution in [3.63, 3.8) is 0 Å². The molecule has 0 unspecified atom stereocenters. The van der Waals surface area contributed by atoms with Crippen molar-refractivity contribution >= 4 is 23.8 Å². The van der Waals surface area contributed by atoms with Crippen LogP contribution in [-0.2, 0) is 4.79 Å². The van der Waals surface area contributed by atoms with Gasteiger partial charge in [0, 0.05) is 24.7 Å². The average Bonchev–Trinajstić information content (AvgIpc) is 2.46. The summed E-state index contributed by atoms with van der Waals surface area (Å²) in [5.41, 5.74) is 0.851. The maximum Gasteiger partial charge on any atom is 0.328 e. The summed E-state index contributed by atoms with van der Waals surface area (Å²) in [7, 11) is 0. The van der Waals surface area contributed by atoms with Crippen LogP contribution in [0.15, 0.2) is 48.9 Å². The van der Waals surface area contributed by atoms with Crippen LogP contribution in [-0.4, -0.2) is 27.0 Å². The number of anilines is 1. The minimum atomic E-state index is -1.06. The fourth-order valence-electron chi connectivity index (χ4n) is 1.47. The van der Waals surface area contributed by atoms with E-state index in [-0.39, 0.29) is 5.91 Å². The van der Waals surface area contributed by atoms with E-state index in [9.17, 15) is 9.59 Å². The molecule has 0 aliphatic carbocycles. The van der Waals surface area contributed by atoms with E-state index >= 15 is 0 Å². The van der Waals surface area contributed by atoms with Crippen molar-refractivity contribution in [1.29, 1.82) is 0 Å². The lowest BCUT2D eigenvalue weighted by Gasteiger charge is -2.04. The lowest BCUT2D eigenvalue weighted by Crippen LogP contribution is -2.13. The van der Waals surface area contributed by atoms with E-state index in [0.717, 1.165) is 6.08 Å². The summed E-state index contributed by atoms with van der Waals surface area (Å²) in [6.45, 7) is 0. The van der Waals surface area contributed by atoms with Gasteiger partial charge in [-0.15, -0.1) is 0 Å². The second-order valence-corrected chi connectivity index (χ2v) is 3.85. The molecule has 2 aromatic heterocycles. The van der Waals surface area contributed by atoms with Gasteiger partial charge in [0.05, 0.1) is 5.56 Å². The van der Waals surface area contributed by atoms with Gasteiger partial charge in [0.1, 0.15) is 5.82 Å². The van der Waals surface area contributed by atoms with Crippen molar-refractivity contribution in [3.05, 3.63) is 60.1 Å². The SMILES string of the molecule is O=C(O)C=Cc1cncc(C(=O)Nc2ccccn2)c1. The first-order valence-electron chi connectivity index (χ1n) is 5.73. The van der Waals surface area contributed by atoms with Crippen molar-refractivity contribution < 1.29 is 14.7 Å². The zero-order chi connectivity index (χ0) is 14.4. The van der Waals surface area contributed by atoms with Crippen molar-refractivity contribution in [2.24, 2.45) is 0 Å². The Morgan fingerprint density at radius 2 is 2.10 bits per heavy atom. The molecule has 20 heavy (non-hydrogen) atoms. The van der Waals surface area contributed by atoms with E-state index in [0.29, 0.717) is 16.9 Å². The number of carbonyl (C=O) groups excluding carboxylic acids is 1. The van der Waals surface area contributed by atoms with Crippen LogP contribution < -0.4 is 5.32 Å². The summed E-state index contributed by atoms with van der Waals surface area (Å²) in [6, 6.07) is 6.71. The monoisotopic (exact) mass is 269 g/mol. The van der Waals surface area contributed by atoms with E-state index < -0.39 is 5.97 Å². The number of nitrogens with zero attached hydrogens (tertiary/aromatic N) is 2. The Kier molecular flexibility index (Phi) is 4.18. The highest BCUT2D eigenvalue weighted by molar-refractivity contribution is 6.03. The molecule has 6 nitrogen and oxygen atoms in total. The standard InChI is InChI=1S/C14H11N3O3/c18-13(19)5-4-10-7-11(9-15-8-10)14(20)17-12-3-1-2-6-16-12/h1-9H,(H,18,19)(H,16,17,20). The smallest absolute Gasteiger partial charge is 0.328 e. The lowest BCUT2D eigenvalue weighted by atomic mass is 10.2. The van der Waals surface area contributed by atoms with Crippen LogP contribution in [0.2, 0.25) is 0 Å². The van der Waals surface area contributed by atoms with Gasteiger partial charge in [0.15, 0.2) is 0 Å². The largest absolute Gasteiger partial charge is 0.478 e. The van der Waals surface area contributed by atoms with E-state index in [1.807, 2.05) is 0 Å². The molecule has 1 amide bonds. The van der Waals surface area contributed by atoms with E-state index in [1.165, 1.54) is 18.5 Å². The topological polar surface area (TPSA) is 92.2 Å². The molecule has 0 saturated heterocycles. The zero-order valence-electron chi connectivity index (χ0n) is 10.4. The summed E-state index contributed by atoms with van der Waals surface area (Å²) in [5.74, 6) is -0.987. The third-order valence-electron chi connectivity index (χ3n) is 2.35. The van der Waals surface area contributed by atoms with E-state index in [1.54, 1.807) is 30.5 Å². The van der Waals surface area contributed by atoms with Crippen molar-refractivity contribution in [2.45, 2.75) is 0 Å². The van der Waals surface area contributed by atoms with E-state index in [4.69, 9.17) is 5.11 Å². The Labute approximate surface area is 114 Å². The number of carboxylic acids is 1. The highest BCUT2D eigenvalue weighted by Crippen LogP contribution is 2.08. The van der Waals surface area contributed by atoms with Crippen LogP contribution in [0.5, 0.6) is 0 Å². The minimum Gasteiger partial charge on any atom is -0.478 e. The Morgan fingerprint density at radius 3 is 2.80 bits per heavy atom. The molecule has 0 saturated carbocycles. The number of carbonyl (C=O) groups is 2. The van der Waals surface area contributed by atoms with Gasteiger partial charge in [-0.3, -0.25) is 9.78 Å². The number of hydrogen-bond acceptors (Lipinski definition) is 4. The predicted octanol–water partition coefficient (Wildman–Crippen LogP) is 1.83. The van der Waals surface area contributed by atoms with Gasteiger partial charge in [0.2, 0.25) is 0 Å². The van der Waals surface area contributed by atoms with Gasteiger partial charge in [-0.05, 0) is 29.8 Å². The van der Waals surface area contributed by atoms with Crippen LogP contribution in [0.25, 0.3) is 6.08 Å². The fourth-order valence-corrected chi connectivity index (χ4v) is 1.47. The number of aliphatic carboxylic acids is 1. The highest BCUT2D eigenvalue weighted by atomic mass is 16.4. The van der Waals surface area contributed by atoms with E-state index in [2.05, 4.69) is 15.3 Å². The fraction of sp³-hybridized carbons (Fsp3) is 0. The first kappa shape index (κ1) is 13.4. The molecule has 0 bridgehead atoms. The Bertz CT molecular complexity index is 654. The van der Waals surface area contributed by atoms with Crippen LogP contribution in [0.4, 0.5) is 5.82 Å². The zero-order valence-corrected chi connectivity index (χ0v) is 10.4. The second kappa shape index (κ2) is 6.24. The lowest BCUT2D eigenvalue weighted by molar-refractivity contribution is -0.131. The Hall–Kier alpha value is -3.02.